The van der Waals surface area contributed by atoms with E-state index in [-0.39, 0.29) is 18.1 Å². The predicted octanol–water partition coefficient (Wildman–Crippen LogP) is 1.62. The second-order valence-corrected chi connectivity index (χ2v) is 8.91. The van der Waals surface area contributed by atoms with E-state index >= 15 is 0 Å². The lowest BCUT2D eigenvalue weighted by atomic mass is 10.1. The first-order valence-corrected chi connectivity index (χ1v) is 11.6. The normalized spacial score (nSPS) is 11.6. The van der Waals surface area contributed by atoms with E-state index in [2.05, 4.69) is 25.2 Å². The molecule has 0 atom stereocenters. The molecule has 0 aliphatic heterocycles. The van der Waals surface area contributed by atoms with Gasteiger partial charge in [0, 0.05) is 39.4 Å². The number of benzene rings is 2. The summed E-state index contributed by atoms with van der Waals surface area (Å²) in [5.74, 6) is 0.565. The number of hydrogen-bond donors (Lipinski definition) is 1. The first kappa shape index (κ1) is 22.5. The summed E-state index contributed by atoms with van der Waals surface area (Å²) in [4.78, 5) is 33.5. The number of hydrogen-bond acceptors (Lipinski definition) is 6. The predicted molar refractivity (Wildman–Crippen MR) is 138 cm³/mol. The van der Waals surface area contributed by atoms with E-state index in [9.17, 15) is 9.59 Å². The van der Waals surface area contributed by atoms with Crippen molar-refractivity contribution < 1.29 is 4.79 Å². The van der Waals surface area contributed by atoms with Crippen LogP contribution in [0.15, 0.2) is 59.9 Å². The van der Waals surface area contributed by atoms with Crippen LogP contribution in [0.1, 0.15) is 0 Å². The van der Waals surface area contributed by atoms with Gasteiger partial charge in [0.05, 0.1) is 40.8 Å². The number of amides is 1. The van der Waals surface area contributed by atoms with Crippen LogP contribution in [0.3, 0.4) is 0 Å². The average molecular weight is 497 g/mol. The van der Waals surface area contributed by atoms with E-state index in [1.54, 1.807) is 49.0 Å². The summed E-state index contributed by atoms with van der Waals surface area (Å²) in [5.41, 5.74) is 6.43. The zero-order valence-electron chi connectivity index (χ0n) is 20.7. The first-order valence-electron chi connectivity index (χ1n) is 11.6. The number of nitrogens with one attached hydrogen (secondary N) is 1. The van der Waals surface area contributed by atoms with Crippen LogP contribution in [0, 0.1) is 0 Å². The minimum Gasteiger partial charge on any atom is -0.358 e. The van der Waals surface area contributed by atoms with Gasteiger partial charge in [-0.15, -0.1) is 5.10 Å². The number of imidazole rings is 3. The highest BCUT2D eigenvalue weighted by Crippen LogP contribution is 2.31. The lowest BCUT2D eigenvalue weighted by molar-refractivity contribution is -0.121. The third-order valence-electron chi connectivity index (χ3n) is 6.63. The molecule has 0 spiro atoms. The van der Waals surface area contributed by atoms with Crippen molar-refractivity contribution in [3.8, 4) is 28.5 Å². The third-order valence-corrected chi connectivity index (χ3v) is 6.63. The number of rotatable bonds is 5. The molecule has 12 heteroatoms. The summed E-state index contributed by atoms with van der Waals surface area (Å²) in [6.07, 6.45) is 5.25. The number of nitrogens with zero attached hydrogens (tertiary/aromatic N) is 9. The van der Waals surface area contributed by atoms with Crippen LogP contribution in [0.5, 0.6) is 0 Å². The third kappa shape index (κ3) is 3.53. The highest BCUT2D eigenvalue weighted by Gasteiger charge is 2.19. The van der Waals surface area contributed by atoms with E-state index in [0.29, 0.717) is 5.69 Å². The molecule has 4 aromatic heterocycles. The Morgan fingerprint density at radius 1 is 1.00 bits per heavy atom. The molecule has 12 nitrogen and oxygen atoms in total. The summed E-state index contributed by atoms with van der Waals surface area (Å²) in [5, 5.41) is 10.9. The van der Waals surface area contributed by atoms with Gasteiger partial charge in [0.2, 0.25) is 5.91 Å². The van der Waals surface area contributed by atoms with Gasteiger partial charge in [-0.05, 0) is 30.3 Å². The molecule has 0 radical (unpaired) electrons. The maximum Gasteiger partial charge on any atom is 0.328 e. The largest absolute Gasteiger partial charge is 0.358 e. The highest BCUT2D eigenvalue weighted by molar-refractivity contribution is 5.88. The SMILES string of the molecule is CNC(=O)Cn1cc(-c2ccc3c(c2)nc(-c2cncn2C)n3-c2ccc3c(c2)n(C)c(=O)n3C)nn1. The van der Waals surface area contributed by atoms with Gasteiger partial charge in [-0.3, -0.25) is 18.5 Å². The van der Waals surface area contributed by atoms with Crippen molar-refractivity contribution in [1.82, 2.24) is 48.5 Å². The number of fused-ring (bicyclic) bond motifs is 2. The summed E-state index contributed by atoms with van der Waals surface area (Å²) < 4.78 is 8.76. The molecule has 1 N–H and O–H groups in total. The standard InChI is InChI=1S/C25H24N10O2/c1-26-23(36)13-34-12-18(29-30-34)15-5-7-19-17(9-15)28-24(22-11-27-14-31(22)2)35(19)16-6-8-20-21(10-16)33(4)25(37)32(20)3/h5-12,14H,13H2,1-4H3,(H,26,36). The second-order valence-electron chi connectivity index (χ2n) is 8.91. The molecular formula is C25H24N10O2. The van der Waals surface area contributed by atoms with Crippen molar-refractivity contribution in [2.45, 2.75) is 6.54 Å². The summed E-state index contributed by atoms with van der Waals surface area (Å²) in [6, 6.07) is 11.8. The molecule has 6 aromatic rings. The Balaban J connectivity index is 1.53. The minimum atomic E-state index is -0.153. The molecular weight excluding hydrogens is 472 g/mol. The van der Waals surface area contributed by atoms with E-state index in [0.717, 1.165) is 44.8 Å². The summed E-state index contributed by atoms with van der Waals surface area (Å²) in [7, 11) is 7.04. The molecule has 37 heavy (non-hydrogen) atoms. The van der Waals surface area contributed by atoms with Crippen LogP contribution < -0.4 is 11.0 Å². The summed E-state index contributed by atoms with van der Waals surface area (Å²) in [6.45, 7) is 0.0927. The molecule has 0 saturated heterocycles. The number of likely N-dealkylation sites (N-methyl/N-ethyl adjacent to an activating group) is 1. The van der Waals surface area contributed by atoms with Gasteiger partial charge >= 0.3 is 5.69 Å². The van der Waals surface area contributed by atoms with Gasteiger partial charge in [-0.1, -0.05) is 11.3 Å². The van der Waals surface area contributed by atoms with Crippen molar-refractivity contribution in [3.63, 3.8) is 0 Å². The van der Waals surface area contributed by atoms with E-state index < -0.39 is 0 Å². The Morgan fingerprint density at radius 3 is 2.54 bits per heavy atom. The van der Waals surface area contributed by atoms with Gasteiger partial charge in [-0.2, -0.15) is 0 Å². The Morgan fingerprint density at radius 2 is 1.78 bits per heavy atom. The zero-order chi connectivity index (χ0) is 25.8. The number of aromatic nitrogens is 9. The lowest BCUT2D eigenvalue weighted by Gasteiger charge is -2.10. The fraction of sp³-hybridized carbons (Fsp3) is 0.200. The van der Waals surface area contributed by atoms with Crippen LogP contribution >= 0.6 is 0 Å². The molecule has 0 aliphatic rings. The van der Waals surface area contributed by atoms with Crippen LogP contribution in [0.2, 0.25) is 0 Å². The van der Waals surface area contributed by atoms with Gasteiger partial charge in [0.1, 0.15) is 17.9 Å². The minimum absolute atomic E-state index is 0.0800. The highest BCUT2D eigenvalue weighted by atomic mass is 16.2. The first-order chi connectivity index (χ1) is 17.9. The molecule has 2 aromatic carbocycles. The Labute approximate surface area is 210 Å². The number of carbonyl (C=O) groups is 1. The fourth-order valence-electron chi connectivity index (χ4n) is 4.61. The van der Waals surface area contributed by atoms with Gasteiger partial charge < -0.3 is 9.88 Å². The molecule has 1 amide bonds. The molecule has 6 rings (SSSR count). The van der Waals surface area contributed by atoms with E-state index in [1.807, 2.05) is 48.0 Å². The molecule has 0 bridgehead atoms. The topological polar surface area (TPSA) is 122 Å². The summed E-state index contributed by atoms with van der Waals surface area (Å²) >= 11 is 0. The quantitative estimate of drug-likeness (QED) is 0.387. The Hall–Kier alpha value is -5.00. The van der Waals surface area contributed by atoms with Crippen molar-refractivity contribution in [3.05, 3.63) is 65.6 Å². The Kier molecular flexibility index (Phi) is 5.04. The zero-order valence-corrected chi connectivity index (χ0v) is 20.7. The van der Waals surface area contributed by atoms with Crippen LogP contribution in [0.25, 0.3) is 50.5 Å². The molecule has 0 saturated carbocycles. The maximum absolute atomic E-state index is 12.5. The molecule has 0 unspecified atom stereocenters. The van der Waals surface area contributed by atoms with Crippen LogP contribution in [-0.2, 0) is 32.5 Å². The lowest BCUT2D eigenvalue weighted by Crippen LogP contribution is -2.23. The van der Waals surface area contributed by atoms with E-state index in [4.69, 9.17) is 4.98 Å². The number of aryl methyl sites for hydroxylation is 3. The monoisotopic (exact) mass is 496 g/mol. The van der Waals surface area contributed by atoms with Crippen LogP contribution in [0.4, 0.5) is 0 Å². The maximum atomic E-state index is 12.5. The fourth-order valence-corrected chi connectivity index (χ4v) is 4.61. The van der Waals surface area contributed by atoms with Crippen molar-refractivity contribution in [1.29, 1.82) is 0 Å². The van der Waals surface area contributed by atoms with Crippen molar-refractivity contribution in [2.24, 2.45) is 21.1 Å². The molecule has 0 aliphatic carbocycles. The molecule has 186 valence electrons. The molecule has 0 fully saturated rings. The molecule has 4 heterocycles. The Bertz CT molecular complexity index is 1880. The van der Waals surface area contributed by atoms with Crippen molar-refractivity contribution >= 4 is 28.0 Å². The van der Waals surface area contributed by atoms with E-state index in [1.165, 1.54) is 4.68 Å². The smallest absolute Gasteiger partial charge is 0.328 e. The number of carbonyl (C=O) groups excluding carboxylic acids is 1. The van der Waals surface area contributed by atoms with Gasteiger partial charge in [0.25, 0.3) is 0 Å². The average Bonchev–Trinajstić information content (AvgIpc) is 3.67. The van der Waals surface area contributed by atoms with Gasteiger partial charge in [0.15, 0.2) is 5.82 Å². The van der Waals surface area contributed by atoms with Gasteiger partial charge in [-0.25, -0.2) is 19.4 Å². The second kappa shape index (κ2) is 8.29. The van der Waals surface area contributed by atoms with Crippen molar-refractivity contribution in [2.75, 3.05) is 7.05 Å². The van der Waals surface area contributed by atoms with Crippen LogP contribution in [-0.4, -0.2) is 56.2 Å².